The van der Waals surface area contributed by atoms with Gasteiger partial charge in [0.15, 0.2) is 0 Å². The number of rotatable bonds is 6. The lowest BCUT2D eigenvalue weighted by molar-refractivity contribution is -0.139. The second kappa shape index (κ2) is 6.99. The van der Waals surface area contributed by atoms with Crippen LogP contribution < -0.4 is 10.1 Å². The predicted octanol–water partition coefficient (Wildman–Crippen LogP) is 3.89. The van der Waals surface area contributed by atoms with Crippen LogP contribution in [-0.4, -0.2) is 19.3 Å². The molecule has 1 aromatic carbocycles. The van der Waals surface area contributed by atoms with Crippen LogP contribution in [0, 0.1) is 0 Å². The molecular formula is C12H15BrF3NO. The van der Waals surface area contributed by atoms with Gasteiger partial charge in [0, 0.05) is 12.1 Å². The molecule has 0 aliphatic heterocycles. The van der Waals surface area contributed by atoms with Crippen LogP contribution in [-0.2, 0) is 6.54 Å². The molecule has 18 heavy (non-hydrogen) atoms. The average Bonchev–Trinajstić information content (AvgIpc) is 2.27. The zero-order valence-corrected chi connectivity index (χ0v) is 11.6. The van der Waals surface area contributed by atoms with Gasteiger partial charge in [-0.3, -0.25) is 0 Å². The van der Waals surface area contributed by atoms with E-state index in [2.05, 4.69) is 21.2 Å². The highest BCUT2D eigenvalue weighted by atomic mass is 79.9. The Kier molecular flexibility index (Phi) is 5.95. The predicted molar refractivity (Wildman–Crippen MR) is 67.7 cm³/mol. The van der Waals surface area contributed by atoms with E-state index in [-0.39, 0.29) is 6.61 Å². The molecule has 0 fully saturated rings. The van der Waals surface area contributed by atoms with E-state index in [1.165, 1.54) is 0 Å². The molecule has 0 unspecified atom stereocenters. The van der Waals surface area contributed by atoms with Gasteiger partial charge in [0.2, 0.25) is 0 Å². The van der Waals surface area contributed by atoms with Gasteiger partial charge in [-0.1, -0.05) is 19.1 Å². The zero-order chi connectivity index (χ0) is 13.6. The van der Waals surface area contributed by atoms with E-state index >= 15 is 0 Å². The maximum Gasteiger partial charge on any atom is 0.392 e. The maximum absolute atomic E-state index is 12.1. The minimum absolute atomic E-state index is 0.370. The van der Waals surface area contributed by atoms with Gasteiger partial charge in [-0.15, -0.1) is 0 Å². The van der Waals surface area contributed by atoms with E-state index < -0.39 is 12.6 Å². The van der Waals surface area contributed by atoms with Crippen molar-refractivity contribution in [1.29, 1.82) is 0 Å². The van der Waals surface area contributed by atoms with Gasteiger partial charge in [-0.25, -0.2) is 0 Å². The molecular weight excluding hydrogens is 311 g/mol. The van der Waals surface area contributed by atoms with Gasteiger partial charge in [0.25, 0.3) is 0 Å². The van der Waals surface area contributed by atoms with Crippen molar-refractivity contribution in [2.24, 2.45) is 0 Å². The third-order valence-corrected chi connectivity index (χ3v) is 2.87. The van der Waals surface area contributed by atoms with Gasteiger partial charge in [0.05, 0.1) is 17.5 Å². The first kappa shape index (κ1) is 15.3. The third-order valence-electron chi connectivity index (χ3n) is 2.25. The Bertz CT molecular complexity index is 382. The van der Waals surface area contributed by atoms with Crippen molar-refractivity contribution >= 4 is 15.9 Å². The summed E-state index contributed by atoms with van der Waals surface area (Å²) < 4.78 is 42.1. The van der Waals surface area contributed by atoms with Crippen molar-refractivity contribution in [3.63, 3.8) is 0 Å². The van der Waals surface area contributed by atoms with Gasteiger partial charge in [-0.2, -0.15) is 13.2 Å². The van der Waals surface area contributed by atoms with Crippen LogP contribution in [0.15, 0.2) is 22.7 Å². The van der Waals surface area contributed by atoms with Crippen LogP contribution >= 0.6 is 15.9 Å². The molecule has 0 aliphatic rings. The van der Waals surface area contributed by atoms with Crippen LogP contribution in [0.2, 0.25) is 0 Å². The van der Waals surface area contributed by atoms with E-state index in [9.17, 15) is 13.2 Å². The molecule has 0 aliphatic carbocycles. The number of hydrogen-bond acceptors (Lipinski definition) is 2. The average molecular weight is 326 g/mol. The molecule has 6 heteroatoms. The Balaban J connectivity index is 2.67. The fraction of sp³-hybridized carbons (Fsp3) is 0.500. The minimum atomic E-state index is -4.19. The molecule has 0 atom stereocenters. The van der Waals surface area contributed by atoms with Crippen molar-refractivity contribution in [2.75, 3.05) is 13.2 Å². The number of nitrogens with one attached hydrogen (secondary N) is 1. The number of ether oxygens (including phenoxy) is 1. The third kappa shape index (κ3) is 5.27. The molecule has 0 amide bonds. The first-order valence-electron chi connectivity index (χ1n) is 5.61. The van der Waals surface area contributed by atoms with Gasteiger partial charge >= 0.3 is 6.18 Å². The van der Waals surface area contributed by atoms with E-state index in [4.69, 9.17) is 4.74 Å². The van der Waals surface area contributed by atoms with Crippen molar-refractivity contribution in [2.45, 2.75) is 26.1 Å². The largest absolute Gasteiger partial charge is 0.492 e. The summed E-state index contributed by atoms with van der Waals surface area (Å²) in [4.78, 5) is 0. The number of hydrogen-bond donors (Lipinski definition) is 1. The fourth-order valence-electron chi connectivity index (χ4n) is 1.38. The van der Waals surface area contributed by atoms with Crippen LogP contribution in [0.25, 0.3) is 0 Å². The lowest BCUT2D eigenvalue weighted by atomic mass is 10.2. The molecule has 1 rings (SSSR count). The highest BCUT2D eigenvalue weighted by Gasteiger charge is 2.27. The smallest absolute Gasteiger partial charge is 0.392 e. The first-order chi connectivity index (χ1) is 8.44. The lowest BCUT2D eigenvalue weighted by Crippen LogP contribution is -2.16. The minimum Gasteiger partial charge on any atom is -0.492 e. The zero-order valence-electron chi connectivity index (χ0n) is 9.98. The van der Waals surface area contributed by atoms with Gasteiger partial charge in [0.1, 0.15) is 5.75 Å². The maximum atomic E-state index is 12.1. The highest BCUT2D eigenvalue weighted by molar-refractivity contribution is 9.10. The van der Waals surface area contributed by atoms with Crippen molar-refractivity contribution < 1.29 is 17.9 Å². The number of alkyl halides is 3. The van der Waals surface area contributed by atoms with Crippen LogP contribution in [0.3, 0.4) is 0 Å². The Morgan fingerprint density at radius 3 is 2.67 bits per heavy atom. The van der Waals surface area contributed by atoms with Crippen LogP contribution in [0.4, 0.5) is 13.2 Å². The molecule has 1 N–H and O–H groups in total. The number of para-hydroxylation sites is 1. The molecule has 1 aromatic rings. The summed E-state index contributed by atoms with van der Waals surface area (Å²) in [6.45, 7) is 2.94. The van der Waals surface area contributed by atoms with Crippen LogP contribution in [0.1, 0.15) is 18.9 Å². The monoisotopic (exact) mass is 325 g/mol. The van der Waals surface area contributed by atoms with E-state index in [1.807, 2.05) is 19.1 Å². The van der Waals surface area contributed by atoms with Crippen molar-refractivity contribution in [3.05, 3.63) is 28.2 Å². The number of halogens is 4. The second-order valence-electron chi connectivity index (χ2n) is 3.72. The summed E-state index contributed by atoms with van der Waals surface area (Å²) in [5.41, 5.74) is 0.841. The molecule has 102 valence electrons. The van der Waals surface area contributed by atoms with E-state index in [0.717, 1.165) is 12.1 Å². The van der Waals surface area contributed by atoms with Crippen LogP contribution in [0.5, 0.6) is 5.75 Å². The molecule has 0 saturated heterocycles. The Hall–Kier alpha value is -0.750. The molecule has 0 radical (unpaired) electrons. The summed E-state index contributed by atoms with van der Waals surface area (Å²) in [6, 6.07) is 5.40. The Labute approximate surface area is 113 Å². The Morgan fingerprint density at radius 2 is 2.06 bits per heavy atom. The summed E-state index contributed by atoms with van der Waals surface area (Å²) in [5.74, 6) is 0.475. The summed E-state index contributed by atoms with van der Waals surface area (Å²) >= 11 is 3.29. The molecule has 0 aromatic heterocycles. The molecule has 0 saturated carbocycles. The SMILES string of the molecule is CCNCc1cccc(Br)c1OCCC(F)(F)F. The van der Waals surface area contributed by atoms with Gasteiger partial charge < -0.3 is 10.1 Å². The summed E-state index contributed by atoms with van der Waals surface area (Å²) in [6.07, 6.45) is -5.14. The quantitative estimate of drug-likeness (QED) is 0.856. The molecule has 0 spiro atoms. The normalized spacial score (nSPS) is 11.6. The summed E-state index contributed by atoms with van der Waals surface area (Å²) in [5, 5.41) is 3.12. The second-order valence-corrected chi connectivity index (χ2v) is 4.58. The number of benzene rings is 1. The molecule has 0 heterocycles. The topological polar surface area (TPSA) is 21.3 Å². The van der Waals surface area contributed by atoms with E-state index in [0.29, 0.717) is 16.8 Å². The molecule has 2 nitrogen and oxygen atoms in total. The summed E-state index contributed by atoms with van der Waals surface area (Å²) in [7, 11) is 0. The van der Waals surface area contributed by atoms with Gasteiger partial charge in [-0.05, 0) is 28.5 Å². The standard InChI is InChI=1S/C12H15BrF3NO/c1-2-17-8-9-4-3-5-10(13)11(9)18-7-6-12(14,15)16/h3-5,17H,2,6-8H2,1H3. The molecule has 0 bridgehead atoms. The van der Waals surface area contributed by atoms with Crippen molar-refractivity contribution in [3.8, 4) is 5.75 Å². The lowest BCUT2D eigenvalue weighted by Gasteiger charge is -2.14. The highest BCUT2D eigenvalue weighted by Crippen LogP contribution is 2.30. The fourth-order valence-corrected chi connectivity index (χ4v) is 1.90. The first-order valence-corrected chi connectivity index (χ1v) is 6.41. The van der Waals surface area contributed by atoms with E-state index in [1.54, 1.807) is 6.07 Å². The Morgan fingerprint density at radius 1 is 1.33 bits per heavy atom. The van der Waals surface area contributed by atoms with Crippen molar-refractivity contribution in [1.82, 2.24) is 5.32 Å².